The van der Waals surface area contributed by atoms with Crippen molar-refractivity contribution in [3.63, 3.8) is 0 Å². The number of nitrogens with one attached hydrogen (secondary N) is 1. The SMILES string of the molecule is CCSc1cccc(NCc2ccsc2)c1C(N)=S. The van der Waals surface area contributed by atoms with Gasteiger partial charge in [-0.3, -0.25) is 0 Å². The second-order valence-corrected chi connectivity index (χ2v) is 6.49. The third kappa shape index (κ3) is 3.72. The maximum Gasteiger partial charge on any atom is 0.107 e. The molecule has 0 spiro atoms. The Kier molecular flexibility index (Phi) is 5.24. The molecular weight excluding hydrogens is 292 g/mol. The summed E-state index contributed by atoms with van der Waals surface area (Å²) < 4.78 is 0. The molecule has 2 aromatic rings. The largest absolute Gasteiger partial charge is 0.389 e. The van der Waals surface area contributed by atoms with Crippen molar-refractivity contribution in [1.29, 1.82) is 0 Å². The fraction of sp³-hybridized carbons (Fsp3) is 0.214. The van der Waals surface area contributed by atoms with E-state index in [-0.39, 0.29) is 0 Å². The van der Waals surface area contributed by atoms with E-state index in [1.165, 1.54) is 5.56 Å². The molecule has 1 aromatic carbocycles. The van der Waals surface area contributed by atoms with Crippen molar-refractivity contribution in [2.24, 2.45) is 5.73 Å². The lowest BCUT2D eigenvalue weighted by molar-refractivity contribution is 1.15. The van der Waals surface area contributed by atoms with E-state index in [1.807, 2.05) is 12.1 Å². The van der Waals surface area contributed by atoms with E-state index < -0.39 is 0 Å². The molecule has 1 aromatic heterocycles. The summed E-state index contributed by atoms with van der Waals surface area (Å²) in [6.07, 6.45) is 0. The van der Waals surface area contributed by atoms with Crippen LogP contribution in [0.3, 0.4) is 0 Å². The van der Waals surface area contributed by atoms with Gasteiger partial charge in [0.05, 0.1) is 0 Å². The number of anilines is 1. The van der Waals surface area contributed by atoms with E-state index in [0.717, 1.165) is 28.4 Å². The molecule has 3 N–H and O–H groups in total. The fourth-order valence-electron chi connectivity index (χ4n) is 1.80. The van der Waals surface area contributed by atoms with E-state index in [1.54, 1.807) is 23.1 Å². The third-order valence-electron chi connectivity index (χ3n) is 2.64. The Morgan fingerprint density at radius 2 is 2.26 bits per heavy atom. The van der Waals surface area contributed by atoms with Gasteiger partial charge in [-0.05, 0) is 40.3 Å². The second kappa shape index (κ2) is 6.93. The summed E-state index contributed by atoms with van der Waals surface area (Å²) in [6.45, 7) is 2.92. The van der Waals surface area contributed by atoms with Gasteiger partial charge >= 0.3 is 0 Å². The molecule has 0 saturated carbocycles. The van der Waals surface area contributed by atoms with E-state index in [2.05, 4.69) is 35.1 Å². The van der Waals surface area contributed by atoms with Crippen LogP contribution in [0.1, 0.15) is 18.1 Å². The van der Waals surface area contributed by atoms with Crippen LogP contribution >= 0.6 is 35.3 Å². The number of thiocarbonyl (C=S) groups is 1. The summed E-state index contributed by atoms with van der Waals surface area (Å²) in [6, 6.07) is 8.25. The average Bonchev–Trinajstić information content (AvgIpc) is 2.89. The molecule has 0 aliphatic rings. The molecule has 0 unspecified atom stereocenters. The first-order valence-corrected chi connectivity index (χ1v) is 8.36. The molecule has 0 fully saturated rings. The smallest absolute Gasteiger partial charge is 0.107 e. The highest BCUT2D eigenvalue weighted by atomic mass is 32.2. The molecule has 1 heterocycles. The number of hydrogen-bond donors (Lipinski definition) is 2. The Morgan fingerprint density at radius 1 is 1.42 bits per heavy atom. The van der Waals surface area contributed by atoms with Crippen LogP contribution in [0.15, 0.2) is 39.9 Å². The zero-order valence-electron chi connectivity index (χ0n) is 10.7. The van der Waals surface area contributed by atoms with Crippen LogP contribution in [-0.2, 0) is 6.54 Å². The number of benzene rings is 1. The molecule has 19 heavy (non-hydrogen) atoms. The fourth-order valence-corrected chi connectivity index (χ4v) is 3.60. The monoisotopic (exact) mass is 308 g/mol. The molecule has 0 aliphatic heterocycles. The summed E-state index contributed by atoms with van der Waals surface area (Å²) >= 11 is 8.66. The Hall–Kier alpha value is -1.04. The van der Waals surface area contributed by atoms with E-state index in [4.69, 9.17) is 18.0 Å². The summed E-state index contributed by atoms with van der Waals surface area (Å²) in [4.78, 5) is 1.59. The van der Waals surface area contributed by atoms with Crippen LogP contribution in [0, 0.1) is 0 Å². The van der Waals surface area contributed by atoms with Crippen LogP contribution in [0.4, 0.5) is 5.69 Å². The van der Waals surface area contributed by atoms with Gasteiger partial charge in [0, 0.05) is 22.7 Å². The van der Waals surface area contributed by atoms with Crippen molar-refractivity contribution in [1.82, 2.24) is 0 Å². The quantitative estimate of drug-likeness (QED) is 0.622. The van der Waals surface area contributed by atoms with Gasteiger partial charge in [-0.1, -0.05) is 25.2 Å². The van der Waals surface area contributed by atoms with Gasteiger partial charge in [-0.15, -0.1) is 11.8 Å². The van der Waals surface area contributed by atoms with Gasteiger partial charge in [-0.25, -0.2) is 0 Å². The van der Waals surface area contributed by atoms with E-state index in [0.29, 0.717) is 4.99 Å². The van der Waals surface area contributed by atoms with Crippen LogP contribution < -0.4 is 11.1 Å². The van der Waals surface area contributed by atoms with Gasteiger partial charge in [0.25, 0.3) is 0 Å². The van der Waals surface area contributed by atoms with Crippen LogP contribution in [0.25, 0.3) is 0 Å². The predicted octanol–water partition coefficient (Wildman–Crippen LogP) is 4.11. The summed E-state index contributed by atoms with van der Waals surface area (Å²) in [5.41, 5.74) is 9.11. The summed E-state index contributed by atoms with van der Waals surface area (Å²) in [5, 5.41) is 7.64. The zero-order chi connectivity index (χ0) is 13.7. The first-order chi connectivity index (χ1) is 9.22. The van der Waals surface area contributed by atoms with Crippen molar-refractivity contribution in [2.45, 2.75) is 18.4 Å². The second-order valence-electron chi connectivity index (χ2n) is 3.96. The van der Waals surface area contributed by atoms with Crippen molar-refractivity contribution in [3.8, 4) is 0 Å². The molecular formula is C14H16N2S3. The highest BCUT2D eigenvalue weighted by molar-refractivity contribution is 7.99. The Labute approximate surface area is 127 Å². The highest BCUT2D eigenvalue weighted by Crippen LogP contribution is 2.29. The Balaban J connectivity index is 2.23. The zero-order valence-corrected chi connectivity index (χ0v) is 13.1. The van der Waals surface area contributed by atoms with Crippen LogP contribution in [0.5, 0.6) is 0 Å². The molecule has 0 radical (unpaired) electrons. The lowest BCUT2D eigenvalue weighted by atomic mass is 10.1. The van der Waals surface area contributed by atoms with Crippen LogP contribution in [0.2, 0.25) is 0 Å². The van der Waals surface area contributed by atoms with Gasteiger partial charge in [-0.2, -0.15) is 11.3 Å². The van der Waals surface area contributed by atoms with Gasteiger partial charge in [0.1, 0.15) is 4.99 Å². The number of thiophene rings is 1. The maximum absolute atomic E-state index is 5.87. The normalized spacial score (nSPS) is 10.4. The highest BCUT2D eigenvalue weighted by Gasteiger charge is 2.10. The van der Waals surface area contributed by atoms with Crippen LogP contribution in [-0.4, -0.2) is 10.7 Å². The van der Waals surface area contributed by atoms with Crippen molar-refractivity contribution in [3.05, 3.63) is 46.2 Å². The molecule has 100 valence electrons. The van der Waals surface area contributed by atoms with E-state index in [9.17, 15) is 0 Å². The maximum atomic E-state index is 5.87. The van der Waals surface area contributed by atoms with Crippen molar-refractivity contribution >= 4 is 46.0 Å². The summed E-state index contributed by atoms with van der Waals surface area (Å²) in [5.74, 6) is 1.00. The molecule has 0 bridgehead atoms. The molecule has 0 saturated heterocycles. The Morgan fingerprint density at radius 3 is 2.89 bits per heavy atom. The number of thioether (sulfide) groups is 1. The molecule has 0 atom stereocenters. The molecule has 2 rings (SSSR count). The Bertz CT molecular complexity index is 550. The minimum atomic E-state index is 0.448. The lowest BCUT2D eigenvalue weighted by Crippen LogP contribution is -2.14. The minimum absolute atomic E-state index is 0.448. The average molecular weight is 308 g/mol. The lowest BCUT2D eigenvalue weighted by Gasteiger charge is -2.14. The summed E-state index contributed by atoms with van der Waals surface area (Å²) in [7, 11) is 0. The van der Waals surface area contributed by atoms with Gasteiger partial charge in [0.2, 0.25) is 0 Å². The van der Waals surface area contributed by atoms with Gasteiger partial charge < -0.3 is 11.1 Å². The number of hydrogen-bond acceptors (Lipinski definition) is 4. The number of rotatable bonds is 6. The standard InChI is InChI=1S/C14H16N2S3/c1-2-19-12-5-3-4-11(13(12)14(15)17)16-8-10-6-7-18-9-10/h3-7,9,16H,2,8H2,1H3,(H2,15,17). The molecule has 2 nitrogen and oxygen atoms in total. The predicted molar refractivity (Wildman–Crippen MR) is 90.4 cm³/mol. The number of nitrogens with two attached hydrogens (primary N) is 1. The van der Waals surface area contributed by atoms with E-state index >= 15 is 0 Å². The third-order valence-corrected chi connectivity index (χ3v) is 4.51. The van der Waals surface area contributed by atoms with Gasteiger partial charge in [0.15, 0.2) is 0 Å². The molecule has 5 heteroatoms. The van der Waals surface area contributed by atoms with Crippen molar-refractivity contribution in [2.75, 3.05) is 11.1 Å². The first-order valence-electron chi connectivity index (χ1n) is 6.03. The first kappa shape index (κ1) is 14.4. The minimum Gasteiger partial charge on any atom is -0.389 e. The topological polar surface area (TPSA) is 38.0 Å². The van der Waals surface area contributed by atoms with Crippen molar-refractivity contribution < 1.29 is 0 Å². The molecule has 0 amide bonds. The molecule has 0 aliphatic carbocycles.